The molecule has 0 aliphatic heterocycles. The molecule has 4 nitrogen and oxygen atoms in total. The highest BCUT2D eigenvalue weighted by molar-refractivity contribution is 5.60. The van der Waals surface area contributed by atoms with Crippen LogP contribution in [0.25, 0.3) is 0 Å². The second-order valence-corrected chi connectivity index (χ2v) is 3.73. The Morgan fingerprint density at radius 2 is 2.06 bits per heavy atom. The van der Waals surface area contributed by atoms with Crippen LogP contribution in [-0.2, 0) is 6.54 Å². The average molecular weight is 239 g/mol. The fraction of sp³-hybridized carbons (Fsp3) is 0.143. The van der Waals surface area contributed by atoms with Gasteiger partial charge < -0.3 is 10.1 Å². The summed E-state index contributed by atoms with van der Waals surface area (Å²) >= 11 is 0. The first-order chi connectivity index (χ1) is 8.83. The Morgan fingerprint density at radius 1 is 1.28 bits per heavy atom. The number of aromatic nitrogens is 1. The number of hydrogen-bond donors (Lipinski definition) is 1. The van der Waals surface area contributed by atoms with Crippen molar-refractivity contribution in [3.8, 4) is 11.8 Å². The minimum atomic E-state index is 0.602. The second kappa shape index (κ2) is 5.69. The van der Waals surface area contributed by atoms with Gasteiger partial charge >= 0.3 is 0 Å². The van der Waals surface area contributed by atoms with Crippen LogP contribution in [-0.4, -0.2) is 12.1 Å². The molecule has 0 saturated carbocycles. The molecule has 1 aromatic heterocycles. The van der Waals surface area contributed by atoms with Crippen molar-refractivity contribution in [1.29, 1.82) is 5.26 Å². The van der Waals surface area contributed by atoms with Crippen molar-refractivity contribution >= 4 is 5.69 Å². The molecule has 0 amide bonds. The molecule has 2 aromatic rings. The summed E-state index contributed by atoms with van der Waals surface area (Å²) in [4.78, 5) is 3.96. The summed E-state index contributed by atoms with van der Waals surface area (Å²) in [6.45, 7) is 0.643. The molecule has 1 heterocycles. The zero-order chi connectivity index (χ0) is 12.8. The van der Waals surface area contributed by atoms with E-state index in [9.17, 15) is 0 Å². The van der Waals surface area contributed by atoms with Gasteiger partial charge in [-0.15, -0.1) is 0 Å². The van der Waals surface area contributed by atoms with Gasteiger partial charge in [0.2, 0.25) is 0 Å². The van der Waals surface area contributed by atoms with Crippen LogP contribution < -0.4 is 10.1 Å². The molecule has 90 valence electrons. The molecule has 0 unspecified atom stereocenters. The van der Waals surface area contributed by atoms with Crippen LogP contribution >= 0.6 is 0 Å². The van der Waals surface area contributed by atoms with Crippen molar-refractivity contribution in [2.75, 3.05) is 12.4 Å². The molecule has 0 spiro atoms. The maximum atomic E-state index is 9.04. The lowest BCUT2D eigenvalue weighted by molar-refractivity contribution is 0.415. The number of nitrogens with one attached hydrogen (secondary N) is 1. The maximum absolute atomic E-state index is 9.04. The van der Waals surface area contributed by atoms with Crippen molar-refractivity contribution < 1.29 is 4.74 Å². The van der Waals surface area contributed by atoms with Gasteiger partial charge in [-0.3, -0.25) is 4.98 Å². The van der Waals surface area contributed by atoms with E-state index in [2.05, 4.69) is 16.4 Å². The maximum Gasteiger partial charge on any atom is 0.121 e. The van der Waals surface area contributed by atoms with Crippen molar-refractivity contribution in [3.63, 3.8) is 0 Å². The third kappa shape index (κ3) is 2.77. The van der Waals surface area contributed by atoms with Crippen molar-refractivity contribution in [1.82, 2.24) is 4.98 Å². The summed E-state index contributed by atoms with van der Waals surface area (Å²) in [5.41, 5.74) is 2.48. The first-order valence-corrected chi connectivity index (χ1v) is 5.54. The predicted molar refractivity (Wildman–Crippen MR) is 69.3 cm³/mol. The third-order valence-corrected chi connectivity index (χ3v) is 2.58. The first-order valence-electron chi connectivity index (χ1n) is 5.54. The smallest absolute Gasteiger partial charge is 0.121 e. The van der Waals surface area contributed by atoms with Gasteiger partial charge in [0.15, 0.2) is 0 Å². The monoisotopic (exact) mass is 239 g/mol. The number of hydrogen-bond acceptors (Lipinski definition) is 4. The molecule has 0 fully saturated rings. The van der Waals surface area contributed by atoms with Gasteiger partial charge in [-0.2, -0.15) is 5.26 Å². The Bertz CT molecular complexity index is 561. The standard InChI is InChI=1S/C14H13N3O/c1-18-13-3-2-12(9-15)14(8-13)17-10-11-4-6-16-7-5-11/h2-8,17H,10H2,1H3. The quantitative estimate of drug-likeness (QED) is 0.890. The lowest BCUT2D eigenvalue weighted by atomic mass is 10.1. The van der Waals surface area contributed by atoms with Gasteiger partial charge in [-0.1, -0.05) is 0 Å². The number of pyridine rings is 1. The topological polar surface area (TPSA) is 57.9 Å². The highest BCUT2D eigenvalue weighted by atomic mass is 16.5. The Balaban J connectivity index is 2.15. The molecule has 0 aliphatic rings. The summed E-state index contributed by atoms with van der Waals surface area (Å²) in [7, 11) is 1.61. The van der Waals surface area contributed by atoms with E-state index < -0.39 is 0 Å². The highest BCUT2D eigenvalue weighted by Gasteiger charge is 2.03. The zero-order valence-corrected chi connectivity index (χ0v) is 10.1. The lowest BCUT2D eigenvalue weighted by Crippen LogP contribution is -2.01. The van der Waals surface area contributed by atoms with E-state index in [1.165, 1.54) is 0 Å². The molecule has 0 radical (unpaired) electrons. The summed E-state index contributed by atoms with van der Waals surface area (Å²) in [6.07, 6.45) is 3.49. The fourth-order valence-electron chi connectivity index (χ4n) is 1.59. The highest BCUT2D eigenvalue weighted by Crippen LogP contribution is 2.22. The second-order valence-electron chi connectivity index (χ2n) is 3.73. The van der Waals surface area contributed by atoms with E-state index in [4.69, 9.17) is 10.00 Å². The van der Waals surface area contributed by atoms with Crippen LogP contribution in [0.15, 0.2) is 42.7 Å². The van der Waals surface area contributed by atoms with Gasteiger partial charge in [0.05, 0.1) is 18.4 Å². The van der Waals surface area contributed by atoms with Crippen LogP contribution in [0.3, 0.4) is 0 Å². The van der Waals surface area contributed by atoms with Crippen molar-refractivity contribution in [3.05, 3.63) is 53.9 Å². The summed E-state index contributed by atoms with van der Waals surface area (Å²) in [5, 5.41) is 12.3. The van der Waals surface area contributed by atoms with Gasteiger partial charge in [0.1, 0.15) is 11.8 Å². The minimum Gasteiger partial charge on any atom is -0.497 e. The van der Waals surface area contributed by atoms with Gasteiger partial charge in [-0.05, 0) is 29.8 Å². The van der Waals surface area contributed by atoms with E-state index in [0.717, 1.165) is 17.0 Å². The van der Waals surface area contributed by atoms with Gasteiger partial charge in [0, 0.05) is 25.0 Å². The first kappa shape index (κ1) is 11.9. The number of ether oxygens (including phenoxy) is 1. The Morgan fingerprint density at radius 3 is 2.72 bits per heavy atom. The van der Waals surface area contributed by atoms with Gasteiger partial charge in [0.25, 0.3) is 0 Å². The van der Waals surface area contributed by atoms with E-state index in [0.29, 0.717) is 12.1 Å². The molecular weight excluding hydrogens is 226 g/mol. The Labute approximate surface area is 106 Å². The molecule has 0 saturated heterocycles. The van der Waals surface area contributed by atoms with E-state index in [-0.39, 0.29) is 0 Å². The lowest BCUT2D eigenvalue weighted by Gasteiger charge is -2.09. The molecule has 1 aromatic carbocycles. The SMILES string of the molecule is COc1ccc(C#N)c(NCc2ccncc2)c1. The number of methoxy groups -OCH3 is 1. The average Bonchev–Trinajstić information content (AvgIpc) is 2.45. The number of benzene rings is 1. The third-order valence-electron chi connectivity index (χ3n) is 2.58. The molecule has 0 atom stereocenters. The van der Waals surface area contributed by atoms with E-state index in [1.54, 1.807) is 31.6 Å². The van der Waals surface area contributed by atoms with Gasteiger partial charge in [-0.25, -0.2) is 0 Å². The fourth-order valence-corrected chi connectivity index (χ4v) is 1.59. The van der Waals surface area contributed by atoms with Crippen LogP contribution in [0.4, 0.5) is 5.69 Å². The number of nitrogens with zero attached hydrogens (tertiary/aromatic N) is 2. The molecule has 2 rings (SSSR count). The van der Waals surface area contributed by atoms with Crippen LogP contribution in [0.5, 0.6) is 5.75 Å². The normalized spacial score (nSPS) is 9.56. The number of rotatable bonds is 4. The zero-order valence-electron chi connectivity index (χ0n) is 10.1. The molecule has 18 heavy (non-hydrogen) atoms. The Kier molecular flexibility index (Phi) is 3.77. The molecule has 1 N–H and O–H groups in total. The molecule has 0 aliphatic carbocycles. The van der Waals surface area contributed by atoms with E-state index in [1.807, 2.05) is 18.2 Å². The van der Waals surface area contributed by atoms with E-state index >= 15 is 0 Å². The van der Waals surface area contributed by atoms with Crippen molar-refractivity contribution in [2.45, 2.75) is 6.54 Å². The molecule has 0 bridgehead atoms. The number of nitriles is 1. The van der Waals surface area contributed by atoms with Crippen LogP contribution in [0.1, 0.15) is 11.1 Å². The molecule has 4 heteroatoms. The van der Waals surface area contributed by atoms with Crippen LogP contribution in [0.2, 0.25) is 0 Å². The largest absolute Gasteiger partial charge is 0.497 e. The summed E-state index contributed by atoms with van der Waals surface area (Å²) < 4.78 is 5.15. The Hall–Kier alpha value is -2.54. The van der Waals surface area contributed by atoms with Crippen molar-refractivity contribution in [2.24, 2.45) is 0 Å². The summed E-state index contributed by atoms with van der Waals surface area (Å²) in [5.74, 6) is 0.728. The number of anilines is 1. The molecular formula is C14H13N3O. The minimum absolute atomic E-state index is 0.602. The van der Waals surface area contributed by atoms with Crippen LogP contribution in [0, 0.1) is 11.3 Å². The predicted octanol–water partition coefficient (Wildman–Crippen LogP) is 2.57. The summed E-state index contributed by atoms with van der Waals surface area (Å²) in [6, 6.07) is 11.3.